The number of aromatic amines is 1. The van der Waals surface area contributed by atoms with Gasteiger partial charge in [-0.3, -0.25) is 9.89 Å². The van der Waals surface area contributed by atoms with Crippen LogP contribution in [0.1, 0.15) is 44.6 Å². The number of thioether (sulfide) groups is 1. The van der Waals surface area contributed by atoms with Crippen LogP contribution in [-0.4, -0.2) is 27.0 Å². The summed E-state index contributed by atoms with van der Waals surface area (Å²) in [4.78, 5) is 12.4. The maximum atomic E-state index is 11.2. The molecule has 1 heterocycles. The normalized spacial score (nSPS) is 12.3. The van der Waals surface area contributed by atoms with Gasteiger partial charge in [0.15, 0.2) is 0 Å². The van der Waals surface area contributed by atoms with Crippen LogP contribution < -0.4 is 0 Å². The van der Waals surface area contributed by atoms with Crippen molar-refractivity contribution in [1.82, 2.24) is 10.2 Å². The van der Waals surface area contributed by atoms with Crippen molar-refractivity contribution in [2.45, 2.75) is 43.9 Å². The molecular weight excluding hydrogens is 296 g/mol. The summed E-state index contributed by atoms with van der Waals surface area (Å²) in [5.41, 5.74) is 2.48. The predicted molar refractivity (Wildman–Crippen MR) is 90.3 cm³/mol. The van der Waals surface area contributed by atoms with Crippen molar-refractivity contribution in [2.75, 3.05) is 5.75 Å². The van der Waals surface area contributed by atoms with Gasteiger partial charge in [0.05, 0.1) is 17.8 Å². The summed E-state index contributed by atoms with van der Waals surface area (Å²) in [6.45, 7) is 3.88. The Labute approximate surface area is 135 Å². The van der Waals surface area contributed by atoms with Gasteiger partial charge in [0.2, 0.25) is 0 Å². The number of aromatic nitrogens is 2. The fourth-order valence-electron chi connectivity index (χ4n) is 2.25. The van der Waals surface area contributed by atoms with E-state index in [0.717, 1.165) is 22.6 Å². The Hall–Kier alpha value is -1.75. The molecule has 2 aromatic rings. The van der Waals surface area contributed by atoms with E-state index >= 15 is 0 Å². The molecule has 0 aliphatic rings. The van der Waals surface area contributed by atoms with Gasteiger partial charge >= 0.3 is 5.97 Å². The van der Waals surface area contributed by atoms with Crippen LogP contribution in [0.5, 0.6) is 0 Å². The lowest BCUT2D eigenvalue weighted by Crippen LogP contribution is -2.07. The van der Waals surface area contributed by atoms with Crippen molar-refractivity contribution < 1.29 is 9.90 Å². The summed E-state index contributed by atoms with van der Waals surface area (Å²) >= 11 is 1.86. The van der Waals surface area contributed by atoms with Crippen LogP contribution in [0.3, 0.4) is 0 Å². The lowest BCUT2D eigenvalue weighted by molar-refractivity contribution is -0.138. The monoisotopic (exact) mass is 318 g/mol. The average molecular weight is 318 g/mol. The minimum atomic E-state index is -0.842. The van der Waals surface area contributed by atoms with Gasteiger partial charge in [0.25, 0.3) is 0 Å². The number of unbranched alkanes of at least 4 members (excludes halogenated alkanes) is 2. The number of rotatable bonds is 8. The molecule has 0 saturated carbocycles. The fourth-order valence-corrected chi connectivity index (χ4v) is 3.16. The molecule has 0 radical (unpaired) electrons. The van der Waals surface area contributed by atoms with Gasteiger partial charge in [-0.15, -0.1) is 11.8 Å². The average Bonchev–Trinajstić information content (AvgIpc) is 3.00. The molecule has 22 heavy (non-hydrogen) atoms. The number of hydrogen-bond donors (Lipinski definition) is 2. The Morgan fingerprint density at radius 1 is 1.32 bits per heavy atom. The van der Waals surface area contributed by atoms with E-state index in [0.29, 0.717) is 0 Å². The number of carboxylic acid groups (broad SMARTS) is 1. The zero-order chi connectivity index (χ0) is 15.9. The molecule has 1 atom stereocenters. The van der Waals surface area contributed by atoms with E-state index in [2.05, 4.69) is 29.3 Å². The second-order valence-corrected chi connectivity index (χ2v) is 6.51. The van der Waals surface area contributed by atoms with E-state index in [4.69, 9.17) is 5.11 Å². The van der Waals surface area contributed by atoms with E-state index in [1.54, 1.807) is 13.1 Å². The third-order valence-electron chi connectivity index (χ3n) is 3.67. The Morgan fingerprint density at radius 2 is 2.05 bits per heavy atom. The highest BCUT2D eigenvalue weighted by Gasteiger charge is 2.19. The molecule has 0 aliphatic heterocycles. The number of carbonyl (C=O) groups is 1. The van der Waals surface area contributed by atoms with Gasteiger partial charge in [-0.1, -0.05) is 31.9 Å². The van der Waals surface area contributed by atoms with Crippen molar-refractivity contribution in [2.24, 2.45) is 0 Å². The SMILES string of the molecule is CCCCCSc1ccc(-c2[nH]ncc2C(C)C(=O)O)cc1. The van der Waals surface area contributed by atoms with Crippen molar-refractivity contribution in [3.05, 3.63) is 36.0 Å². The van der Waals surface area contributed by atoms with E-state index in [1.807, 2.05) is 23.9 Å². The quantitative estimate of drug-likeness (QED) is 0.553. The molecule has 1 unspecified atom stereocenters. The third-order valence-corrected chi connectivity index (χ3v) is 4.76. The summed E-state index contributed by atoms with van der Waals surface area (Å²) in [6.07, 6.45) is 5.35. The summed E-state index contributed by atoms with van der Waals surface area (Å²) in [6, 6.07) is 8.21. The first kappa shape index (κ1) is 16.6. The molecule has 4 nitrogen and oxygen atoms in total. The molecule has 1 aromatic heterocycles. The molecular formula is C17H22N2O2S. The summed E-state index contributed by atoms with van der Waals surface area (Å²) in [5, 5.41) is 16.1. The van der Waals surface area contributed by atoms with Crippen LogP contribution in [0, 0.1) is 0 Å². The van der Waals surface area contributed by atoms with Gasteiger partial charge in [0, 0.05) is 10.5 Å². The predicted octanol–water partition coefficient (Wildman–Crippen LogP) is 4.55. The van der Waals surface area contributed by atoms with Crippen molar-refractivity contribution >= 4 is 17.7 Å². The number of nitrogens with one attached hydrogen (secondary N) is 1. The highest BCUT2D eigenvalue weighted by molar-refractivity contribution is 7.99. The van der Waals surface area contributed by atoms with Crippen molar-refractivity contribution in [3.63, 3.8) is 0 Å². The van der Waals surface area contributed by atoms with Crippen LogP contribution >= 0.6 is 11.8 Å². The first-order valence-corrected chi connectivity index (χ1v) is 8.61. The summed E-state index contributed by atoms with van der Waals surface area (Å²) < 4.78 is 0. The summed E-state index contributed by atoms with van der Waals surface area (Å²) in [7, 11) is 0. The zero-order valence-electron chi connectivity index (χ0n) is 13.0. The first-order valence-electron chi connectivity index (χ1n) is 7.62. The van der Waals surface area contributed by atoms with E-state index < -0.39 is 11.9 Å². The second kappa shape index (κ2) is 8.03. The number of benzene rings is 1. The van der Waals surface area contributed by atoms with Crippen LogP contribution in [0.4, 0.5) is 0 Å². The molecule has 0 fully saturated rings. The fraction of sp³-hybridized carbons (Fsp3) is 0.412. The number of hydrogen-bond acceptors (Lipinski definition) is 3. The Balaban J connectivity index is 2.08. The molecule has 1 aromatic carbocycles. The molecule has 0 amide bonds. The maximum Gasteiger partial charge on any atom is 0.310 e. The molecule has 118 valence electrons. The van der Waals surface area contributed by atoms with Gasteiger partial charge in [0.1, 0.15) is 0 Å². The van der Waals surface area contributed by atoms with Gasteiger partial charge in [-0.05, 0) is 36.8 Å². The van der Waals surface area contributed by atoms with E-state index in [1.165, 1.54) is 24.2 Å². The third kappa shape index (κ3) is 4.13. The Kier molecular flexibility index (Phi) is 6.07. The topological polar surface area (TPSA) is 66.0 Å². The summed E-state index contributed by atoms with van der Waals surface area (Å²) in [5.74, 6) is -0.277. The Morgan fingerprint density at radius 3 is 2.68 bits per heavy atom. The van der Waals surface area contributed by atoms with E-state index in [-0.39, 0.29) is 0 Å². The lowest BCUT2D eigenvalue weighted by atomic mass is 9.98. The zero-order valence-corrected chi connectivity index (χ0v) is 13.8. The molecule has 2 N–H and O–H groups in total. The Bertz CT molecular complexity index is 607. The van der Waals surface area contributed by atoms with Crippen LogP contribution in [-0.2, 0) is 4.79 Å². The van der Waals surface area contributed by atoms with E-state index in [9.17, 15) is 4.79 Å². The first-order chi connectivity index (χ1) is 10.6. The van der Waals surface area contributed by atoms with Crippen molar-refractivity contribution in [3.8, 4) is 11.3 Å². The number of aliphatic carboxylic acids is 1. The second-order valence-electron chi connectivity index (χ2n) is 5.34. The highest BCUT2D eigenvalue weighted by Crippen LogP contribution is 2.29. The lowest BCUT2D eigenvalue weighted by Gasteiger charge is -2.08. The van der Waals surface area contributed by atoms with Crippen LogP contribution in [0.2, 0.25) is 0 Å². The number of carboxylic acids is 1. The minimum absolute atomic E-state index is 0.572. The molecule has 0 bridgehead atoms. The van der Waals surface area contributed by atoms with Crippen LogP contribution in [0.25, 0.3) is 11.3 Å². The smallest absolute Gasteiger partial charge is 0.310 e. The maximum absolute atomic E-state index is 11.2. The van der Waals surface area contributed by atoms with Crippen molar-refractivity contribution in [1.29, 1.82) is 0 Å². The highest BCUT2D eigenvalue weighted by atomic mass is 32.2. The number of nitrogens with zero attached hydrogens (tertiary/aromatic N) is 1. The van der Waals surface area contributed by atoms with Gasteiger partial charge in [-0.2, -0.15) is 5.10 Å². The molecule has 2 rings (SSSR count). The largest absolute Gasteiger partial charge is 0.481 e. The molecule has 0 spiro atoms. The molecule has 0 aliphatic carbocycles. The van der Waals surface area contributed by atoms with Crippen LogP contribution in [0.15, 0.2) is 35.4 Å². The molecule has 5 heteroatoms. The molecule has 0 saturated heterocycles. The van der Waals surface area contributed by atoms with Gasteiger partial charge < -0.3 is 5.11 Å². The van der Waals surface area contributed by atoms with Gasteiger partial charge in [-0.25, -0.2) is 0 Å². The minimum Gasteiger partial charge on any atom is -0.481 e. The number of H-pyrrole nitrogens is 1. The standard InChI is InChI=1S/C17H22N2O2S/c1-3-4-5-10-22-14-8-6-13(7-9-14)16-15(11-18-19-16)12(2)17(20)21/h6-9,11-12H,3-5,10H2,1-2H3,(H,18,19)(H,20,21).